The molecule has 34 heavy (non-hydrogen) atoms. The van der Waals surface area contributed by atoms with E-state index in [1.54, 1.807) is 48.5 Å². The number of Topliss-reactive ketones (excluding diaryl/α,β-unsaturated/α-hetero) is 1. The molecule has 176 valence electrons. The van der Waals surface area contributed by atoms with Crippen molar-refractivity contribution < 1.29 is 22.7 Å². The van der Waals surface area contributed by atoms with Crippen molar-refractivity contribution in [3.05, 3.63) is 100 Å². The van der Waals surface area contributed by atoms with Gasteiger partial charge in [-0.2, -0.15) is 4.31 Å². The molecule has 1 atom stereocenters. The molecule has 1 aliphatic rings. The number of sulfonamides is 1. The number of carbonyl (C=O) groups is 2. The fourth-order valence-corrected chi connectivity index (χ4v) is 5.79. The number of rotatable bonds is 7. The molecule has 3 aromatic rings. The molecule has 0 N–H and O–H groups in total. The maximum Gasteiger partial charge on any atom is 0.308 e. The van der Waals surface area contributed by atoms with Gasteiger partial charge in [0.05, 0.1) is 17.4 Å². The van der Waals surface area contributed by atoms with Crippen molar-refractivity contribution in [3.8, 4) is 0 Å². The molecular weight excluding hydrogens is 474 g/mol. The van der Waals surface area contributed by atoms with Crippen molar-refractivity contribution in [2.24, 2.45) is 0 Å². The molecule has 6 nitrogen and oxygen atoms in total. The van der Waals surface area contributed by atoms with E-state index in [-0.39, 0.29) is 23.6 Å². The van der Waals surface area contributed by atoms with Crippen molar-refractivity contribution >= 4 is 33.4 Å². The van der Waals surface area contributed by atoms with Crippen molar-refractivity contribution in [1.82, 2.24) is 4.31 Å². The Morgan fingerprint density at radius 3 is 2.38 bits per heavy atom. The fourth-order valence-electron chi connectivity index (χ4n) is 4.06. The summed E-state index contributed by atoms with van der Waals surface area (Å²) in [7, 11) is -3.85. The number of ketones is 1. The minimum Gasteiger partial charge on any atom is -0.457 e. The molecular formula is C26H24ClNO5S. The van der Waals surface area contributed by atoms with Crippen LogP contribution in [0, 0.1) is 6.92 Å². The quantitative estimate of drug-likeness (QED) is 0.347. The highest BCUT2D eigenvalue weighted by Gasteiger charge is 2.37. The third kappa shape index (κ3) is 5.22. The maximum absolute atomic E-state index is 13.5. The van der Waals surface area contributed by atoms with Crippen LogP contribution in [0.15, 0.2) is 77.7 Å². The number of carbonyl (C=O) groups excluding carboxylic acids is 2. The summed E-state index contributed by atoms with van der Waals surface area (Å²) in [6, 6.07) is 19.7. The summed E-state index contributed by atoms with van der Waals surface area (Å²) in [5.41, 5.74) is 3.09. The third-order valence-corrected chi connectivity index (χ3v) is 8.06. The standard InChI is InChI=1S/C26H24ClNO5S/c1-18-6-12-22(13-7-18)34(31,32)28-15-14-19-4-2-3-5-23(19)24(28)16-26(30)33-17-25(29)20-8-10-21(27)11-9-20/h2-13,24H,14-17H2,1H3. The Labute approximate surface area is 204 Å². The smallest absolute Gasteiger partial charge is 0.308 e. The van der Waals surface area contributed by atoms with Gasteiger partial charge in [0, 0.05) is 17.1 Å². The zero-order chi connectivity index (χ0) is 24.3. The van der Waals surface area contributed by atoms with Crippen LogP contribution < -0.4 is 0 Å². The molecule has 1 heterocycles. The van der Waals surface area contributed by atoms with Crippen LogP contribution in [-0.4, -0.2) is 37.6 Å². The van der Waals surface area contributed by atoms with E-state index in [0.717, 1.165) is 16.7 Å². The number of halogens is 1. The van der Waals surface area contributed by atoms with E-state index in [1.807, 2.05) is 31.2 Å². The molecule has 0 saturated carbocycles. The van der Waals surface area contributed by atoms with Crippen LogP contribution in [0.2, 0.25) is 5.02 Å². The first kappa shape index (κ1) is 24.1. The van der Waals surface area contributed by atoms with Gasteiger partial charge >= 0.3 is 5.97 Å². The van der Waals surface area contributed by atoms with E-state index < -0.39 is 28.6 Å². The van der Waals surface area contributed by atoms with Crippen LogP contribution in [0.25, 0.3) is 0 Å². The summed E-state index contributed by atoms with van der Waals surface area (Å²) in [5, 5.41) is 0.499. The van der Waals surface area contributed by atoms with Crippen molar-refractivity contribution in [3.63, 3.8) is 0 Å². The predicted octanol–water partition coefficient (Wildman–Crippen LogP) is 4.75. The second-order valence-electron chi connectivity index (χ2n) is 8.19. The second-order valence-corrected chi connectivity index (χ2v) is 10.5. The topological polar surface area (TPSA) is 80.8 Å². The van der Waals surface area contributed by atoms with E-state index in [2.05, 4.69) is 0 Å². The molecule has 1 unspecified atom stereocenters. The van der Waals surface area contributed by atoms with Gasteiger partial charge in [-0.25, -0.2) is 8.42 Å². The van der Waals surface area contributed by atoms with Crippen molar-refractivity contribution in [1.29, 1.82) is 0 Å². The Balaban J connectivity index is 1.54. The molecule has 0 saturated heterocycles. The average Bonchev–Trinajstić information content (AvgIpc) is 2.83. The molecule has 8 heteroatoms. The van der Waals surface area contributed by atoms with Gasteiger partial charge < -0.3 is 4.74 Å². The van der Waals surface area contributed by atoms with E-state index in [4.69, 9.17) is 16.3 Å². The fraction of sp³-hybridized carbons (Fsp3) is 0.231. The van der Waals surface area contributed by atoms with Crippen LogP contribution in [0.5, 0.6) is 0 Å². The molecule has 3 aromatic carbocycles. The van der Waals surface area contributed by atoms with Crippen LogP contribution in [0.4, 0.5) is 0 Å². The summed E-state index contributed by atoms with van der Waals surface area (Å²) < 4.78 is 33.6. The summed E-state index contributed by atoms with van der Waals surface area (Å²) in [6.07, 6.45) is 0.345. The number of hydrogen-bond donors (Lipinski definition) is 0. The molecule has 0 aliphatic carbocycles. The van der Waals surface area contributed by atoms with Crippen molar-refractivity contribution in [2.75, 3.05) is 13.2 Å². The van der Waals surface area contributed by atoms with Gasteiger partial charge in [0.2, 0.25) is 10.0 Å². The van der Waals surface area contributed by atoms with Gasteiger partial charge in [0.25, 0.3) is 0 Å². The first-order valence-corrected chi connectivity index (χ1v) is 12.7. The molecule has 0 amide bonds. The van der Waals surface area contributed by atoms with E-state index in [0.29, 0.717) is 17.0 Å². The highest BCUT2D eigenvalue weighted by atomic mass is 35.5. The summed E-state index contributed by atoms with van der Waals surface area (Å²) in [5.74, 6) is -1.01. The molecule has 0 fully saturated rings. The number of esters is 1. The molecule has 0 bridgehead atoms. The summed E-state index contributed by atoms with van der Waals surface area (Å²) >= 11 is 5.85. The number of fused-ring (bicyclic) bond motifs is 1. The Morgan fingerprint density at radius 2 is 1.68 bits per heavy atom. The monoisotopic (exact) mass is 497 g/mol. The summed E-state index contributed by atoms with van der Waals surface area (Å²) in [4.78, 5) is 25.3. The van der Waals surface area contributed by atoms with Gasteiger partial charge in [-0.15, -0.1) is 0 Å². The lowest BCUT2D eigenvalue weighted by Crippen LogP contribution is -2.41. The second kappa shape index (κ2) is 10.1. The zero-order valence-corrected chi connectivity index (χ0v) is 20.2. The molecule has 0 aromatic heterocycles. The number of ether oxygens (including phenoxy) is 1. The Morgan fingerprint density at radius 1 is 1.00 bits per heavy atom. The zero-order valence-electron chi connectivity index (χ0n) is 18.6. The third-order valence-electron chi connectivity index (χ3n) is 5.88. The largest absolute Gasteiger partial charge is 0.457 e. The maximum atomic E-state index is 13.5. The van der Waals surface area contributed by atoms with Crippen LogP contribution >= 0.6 is 11.6 Å². The minimum absolute atomic E-state index is 0.175. The van der Waals surface area contributed by atoms with Crippen LogP contribution in [0.1, 0.15) is 39.5 Å². The summed E-state index contributed by atoms with van der Waals surface area (Å²) in [6.45, 7) is 1.70. The number of aryl methyl sites for hydroxylation is 1. The number of hydrogen-bond acceptors (Lipinski definition) is 5. The first-order valence-electron chi connectivity index (χ1n) is 10.9. The van der Waals surface area contributed by atoms with Crippen LogP contribution in [-0.2, 0) is 26.0 Å². The van der Waals surface area contributed by atoms with Crippen molar-refractivity contribution in [2.45, 2.75) is 30.7 Å². The van der Waals surface area contributed by atoms with Gasteiger partial charge in [-0.1, -0.05) is 53.6 Å². The molecule has 1 aliphatic heterocycles. The minimum atomic E-state index is -3.85. The first-order chi connectivity index (χ1) is 16.3. The predicted molar refractivity (Wildman–Crippen MR) is 129 cm³/mol. The average molecular weight is 498 g/mol. The van der Waals surface area contributed by atoms with Gasteiger partial charge in [0.1, 0.15) is 0 Å². The molecule has 0 radical (unpaired) electrons. The van der Waals surface area contributed by atoms with Gasteiger partial charge in [0.15, 0.2) is 12.4 Å². The highest BCUT2D eigenvalue weighted by molar-refractivity contribution is 7.89. The van der Waals surface area contributed by atoms with E-state index in [1.165, 1.54) is 4.31 Å². The lowest BCUT2D eigenvalue weighted by molar-refractivity contribution is -0.143. The van der Waals surface area contributed by atoms with Crippen LogP contribution in [0.3, 0.4) is 0 Å². The SMILES string of the molecule is Cc1ccc(S(=O)(=O)N2CCc3ccccc3C2CC(=O)OCC(=O)c2ccc(Cl)cc2)cc1. The van der Waals surface area contributed by atoms with Gasteiger partial charge in [-0.05, 0) is 60.9 Å². The van der Waals surface area contributed by atoms with Gasteiger partial charge in [-0.3, -0.25) is 9.59 Å². The molecule has 0 spiro atoms. The lowest BCUT2D eigenvalue weighted by atomic mass is 9.92. The lowest BCUT2D eigenvalue weighted by Gasteiger charge is -2.36. The Hall–Kier alpha value is -3.00. The normalized spacial score (nSPS) is 16.0. The van der Waals surface area contributed by atoms with E-state index in [9.17, 15) is 18.0 Å². The number of benzene rings is 3. The number of nitrogens with zero attached hydrogens (tertiary/aromatic N) is 1. The molecule has 4 rings (SSSR count). The Bertz CT molecular complexity index is 1300. The van der Waals surface area contributed by atoms with E-state index >= 15 is 0 Å². The highest BCUT2D eigenvalue weighted by Crippen LogP contribution is 2.36. The Kier molecular flexibility index (Phi) is 7.16.